The lowest BCUT2D eigenvalue weighted by molar-refractivity contribution is 0.0665. The molecule has 0 aliphatic rings. The third-order valence-electron chi connectivity index (χ3n) is 1.58. The third-order valence-corrected chi connectivity index (χ3v) is 1.58. The molecule has 7 nitrogen and oxygen atoms in total. The van der Waals surface area contributed by atoms with Crippen LogP contribution in [0.5, 0.6) is 0 Å². The van der Waals surface area contributed by atoms with Crippen LogP contribution in [0.3, 0.4) is 0 Å². The first-order chi connectivity index (χ1) is 6.72. The van der Waals surface area contributed by atoms with Crippen molar-refractivity contribution in [2.24, 2.45) is 4.99 Å². The van der Waals surface area contributed by atoms with E-state index in [1.165, 1.54) is 12.1 Å². The van der Waals surface area contributed by atoms with E-state index in [2.05, 4.69) is 15.2 Å². The fourth-order valence-electron chi connectivity index (χ4n) is 1.02. The normalized spacial score (nSPS) is 10.0. The van der Waals surface area contributed by atoms with Gasteiger partial charge in [-0.05, 0) is 0 Å². The van der Waals surface area contributed by atoms with Gasteiger partial charge in [-0.3, -0.25) is 5.10 Å². The summed E-state index contributed by atoms with van der Waals surface area (Å²) in [4.78, 5) is 23.7. The Bertz CT molecular complexity index is 546. The van der Waals surface area contributed by atoms with Crippen molar-refractivity contribution in [3.8, 4) is 0 Å². The quantitative estimate of drug-likeness (QED) is 0.542. The fourth-order valence-corrected chi connectivity index (χ4v) is 1.02. The number of aromatic carboxylic acids is 1. The van der Waals surface area contributed by atoms with Crippen LogP contribution in [0.4, 0.5) is 5.82 Å². The third kappa shape index (κ3) is 1.08. The van der Waals surface area contributed by atoms with Crippen molar-refractivity contribution in [3.05, 3.63) is 11.8 Å². The highest BCUT2D eigenvalue weighted by atomic mass is 16.4. The van der Waals surface area contributed by atoms with Gasteiger partial charge in [0.15, 0.2) is 5.58 Å². The van der Waals surface area contributed by atoms with Crippen molar-refractivity contribution in [2.75, 3.05) is 0 Å². The second-order valence-electron chi connectivity index (χ2n) is 2.41. The van der Waals surface area contributed by atoms with Gasteiger partial charge >= 0.3 is 5.97 Å². The highest BCUT2D eigenvalue weighted by Gasteiger charge is 2.15. The van der Waals surface area contributed by atoms with Gasteiger partial charge < -0.3 is 9.52 Å². The summed E-state index contributed by atoms with van der Waals surface area (Å²) in [5, 5.41) is 14.7. The second-order valence-corrected chi connectivity index (χ2v) is 2.41. The molecule has 7 heteroatoms. The van der Waals surface area contributed by atoms with Crippen LogP contribution in [0.25, 0.3) is 11.1 Å². The molecule has 2 aromatic heterocycles. The SMILES string of the molecule is O=C=Nc1[nH]nc2cc(C(=O)O)oc12. The lowest BCUT2D eigenvalue weighted by Gasteiger charge is -1.83. The molecule has 0 aliphatic carbocycles. The predicted molar refractivity (Wildman–Crippen MR) is 43.1 cm³/mol. The van der Waals surface area contributed by atoms with Gasteiger partial charge in [-0.2, -0.15) is 5.10 Å². The molecule has 0 radical (unpaired) electrons. The zero-order valence-corrected chi connectivity index (χ0v) is 6.64. The van der Waals surface area contributed by atoms with Gasteiger partial charge in [0.2, 0.25) is 17.7 Å². The fraction of sp³-hybridized carbons (Fsp3) is 0. The molecule has 0 amide bonds. The van der Waals surface area contributed by atoms with Gasteiger partial charge in [0.05, 0.1) is 0 Å². The standard InChI is InChI=1S/C7H3N3O4/c11-2-8-6-5-3(9-10-6)1-4(14-5)7(12)13/h1H,(H,9,10)(H,12,13). The summed E-state index contributed by atoms with van der Waals surface area (Å²) in [6.45, 7) is 0. The number of carbonyl (C=O) groups excluding carboxylic acids is 1. The largest absolute Gasteiger partial charge is 0.475 e. The summed E-state index contributed by atoms with van der Waals surface area (Å²) in [6, 6.07) is 1.23. The van der Waals surface area contributed by atoms with Crippen molar-refractivity contribution in [1.82, 2.24) is 10.2 Å². The molecule has 2 heterocycles. The Balaban J connectivity index is 2.66. The summed E-state index contributed by atoms with van der Waals surface area (Å²) in [5.41, 5.74) is 0.433. The van der Waals surface area contributed by atoms with E-state index >= 15 is 0 Å². The van der Waals surface area contributed by atoms with Crippen LogP contribution in [0.1, 0.15) is 10.6 Å². The lowest BCUT2D eigenvalue weighted by atomic mass is 10.4. The predicted octanol–water partition coefficient (Wildman–Crippen LogP) is 0.821. The molecular weight excluding hydrogens is 190 g/mol. The number of aromatic amines is 1. The topological polar surface area (TPSA) is 109 Å². The van der Waals surface area contributed by atoms with E-state index < -0.39 is 5.97 Å². The Kier molecular flexibility index (Phi) is 1.66. The number of H-pyrrole nitrogens is 1. The minimum atomic E-state index is -1.20. The van der Waals surface area contributed by atoms with Gasteiger partial charge in [-0.1, -0.05) is 0 Å². The number of carboxylic acid groups (broad SMARTS) is 1. The number of carboxylic acids is 1. The van der Waals surface area contributed by atoms with Gasteiger partial charge in [0.1, 0.15) is 5.52 Å². The minimum Gasteiger partial charge on any atom is -0.475 e. The monoisotopic (exact) mass is 193 g/mol. The summed E-state index contributed by atoms with van der Waals surface area (Å²) >= 11 is 0. The molecular formula is C7H3N3O4. The number of nitrogens with zero attached hydrogens (tertiary/aromatic N) is 2. The highest BCUT2D eigenvalue weighted by molar-refractivity contribution is 5.93. The summed E-state index contributed by atoms with van der Waals surface area (Å²) in [6.07, 6.45) is 1.30. The van der Waals surface area contributed by atoms with Gasteiger partial charge in [0.25, 0.3) is 0 Å². The number of furan rings is 1. The smallest absolute Gasteiger partial charge is 0.371 e. The average Bonchev–Trinajstić information content (AvgIpc) is 2.67. The number of carbonyl (C=O) groups is 1. The van der Waals surface area contributed by atoms with Crippen LogP contribution in [0, 0.1) is 0 Å². The molecule has 0 saturated carbocycles. The highest BCUT2D eigenvalue weighted by Crippen LogP contribution is 2.25. The van der Waals surface area contributed by atoms with E-state index in [4.69, 9.17) is 9.52 Å². The van der Waals surface area contributed by atoms with Crippen LogP contribution >= 0.6 is 0 Å². The Morgan fingerprint density at radius 3 is 3.14 bits per heavy atom. The Morgan fingerprint density at radius 1 is 1.71 bits per heavy atom. The molecule has 0 aliphatic heterocycles. The molecule has 70 valence electrons. The molecule has 2 rings (SSSR count). The summed E-state index contributed by atoms with van der Waals surface area (Å²) < 4.78 is 4.89. The number of aliphatic imine (C=N–C) groups is 1. The first-order valence-corrected chi connectivity index (χ1v) is 3.51. The molecule has 0 spiro atoms. The van der Waals surface area contributed by atoms with Crippen molar-refractivity contribution in [1.29, 1.82) is 0 Å². The first kappa shape index (κ1) is 8.21. The Hall–Kier alpha value is -2.40. The minimum absolute atomic E-state index is 0.0579. The number of hydrogen-bond donors (Lipinski definition) is 2. The average molecular weight is 193 g/mol. The van der Waals surface area contributed by atoms with E-state index in [9.17, 15) is 9.59 Å². The van der Waals surface area contributed by atoms with Gasteiger partial charge in [-0.25, -0.2) is 9.59 Å². The van der Waals surface area contributed by atoms with Crippen LogP contribution in [0.2, 0.25) is 0 Å². The van der Waals surface area contributed by atoms with E-state index in [-0.39, 0.29) is 17.2 Å². The second kappa shape index (κ2) is 2.82. The molecule has 2 N–H and O–H groups in total. The van der Waals surface area contributed by atoms with Crippen molar-refractivity contribution in [3.63, 3.8) is 0 Å². The van der Waals surface area contributed by atoms with E-state index in [1.807, 2.05) is 0 Å². The van der Waals surface area contributed by atoms with E-state index in [0.29, 0.717) is 5.52 Å². The molecule has 0 saturated heterocycles. The van der Waals surface area contributed by atoms with Crippen molar-refractivity contribution in [2.45, 2.75) is 0 Å². The van der Waals surface area contributed by atoms with Crippen LogP contribution < -0.4 is 0 Å². The molecule has 0 atom stereocenters. The number of aromatic nitrogens is 2. The molecule has 0 unspecified atom stereocenters. The van der Waals surface area contributed by atoms with Crippen LogP contribution in [-0.4, -0.2) is 27.4 Å². The van der Waals surface area contributed by atoms with Crippen LogP contribution in [-0.2, 0) is 4.79 Å². The van der Waals surface area contributed by atoms with Crippen molar-refractivity contribution >= 4 is 29.0 Å². The number of fused-ring (bicyclic) bond motifs is 1. The lowest BCUT2D eigenvalue weighted by Crippen LogP contribution is -1.91. The zero-order chi connectivity index (χ0) is 10.1. The Morgan fingerprint density at radius 2 is 2.50 bits per heavy atom. The van der Waals surface area contributed by atoms with Crippen molar-refractivity contribution < 1.29 is 19.1 Å². The maximum absolute atomic E-state index is 10.5. The zero-order valence-electron chi connectivity index (χ0n) is 6.64. The Labute approximate surface area is 76.0 Å². The number of hydrogen-bond acceptors (Lipinski definition) is 5. The summed E-state index contributed by atoms with van der Waals surface area (Å²) in [5.74, 6) is -1.40. The molecule has 2 aromatic rings. The maximum atomic E-state index is 10.5. The molecule has 0 bridgehead atoms. The summed E-state index contributed by atoms with van der Waals surface area (Å²) in [7, 11) is 0. The van der Waals surface area contributed by atoms with Crippen LogP contribution in [0.15, 0.2) is 15.5 Å². The molecule has 14 heavy (non-hydrogen) atoms. The van der Waals surface area contributed by atoms with E-state index in [0.717, 1.165) is 0 Å². The number of isocyanates is 1. The number of nitrogens with one attached hydrogen (secondary N) is 1. The van der Waals surface area contributed by atoms with E-state index in [1.54, 1.807) is 0 Å². The molecule has 0 aromatic carbocycles. The van der Waals surface area contributed by atoms with Gasteiger partial charge in [0, 0.05) is 6.07 Å². The molecule has 0 fully saturated rings. The van der Waals surface area contributed by atoms with Gasteiger partial charge in [-0.15, -0.1) is 4.99 Å². The maximum Gasteiger partial charge on any atom is 0.371 e. The number of rotatable bonds is 2. The first-order valence-electron chi connectivity index (χ1n) is 3.51.